The maximum atomic E-state index is 6.26. The Bertz CT molecular complexity index is 611. The van der Waals surface area contributed by atoms with Gasteiger partial charge in [-0.05, 0) is 57.2 Å². The van der Waals surface area contributed by atoms with Gasteiger partial charge in [-0.15, -0.1) is 0 Å². The molecule has 0 aliphatic carbocycles. The van der Waals surface area contributed by atoms with Gasteiger partial charge in [0, 0.05) is 0 Å². The van der Waals surface area contributed by atoms with Gasteiger partial charge < -0.3 is 18.8 Å². The van der Waals surface area contributed by atoms with Crippen molar-refractivity contribution >= 4 is 12.6 Å². The fourth-order valence-corrected chi connectivity index (χ4v) is 3.48. The van der Waals surface area contributed by atoms with E-state index in [1.165, 1.54) is 24.8 Å². The molecule has 0 unspecified atom stereocenters. The number of rotatable bonds is 8. The minimum absolute atomic E-state index is 0.0458. The molecule has 1 heterocycles. The van der Waals surface area contributed by atoms with E-state index < -0.39 is 18.3 Å². The third-order valence-corrected chi connectivity index (χ3v) is 6.22. The first-order valence-electron chi connectivity index (χ1n) is 10.1. The average Bonchev–Trinajstić information content (AvgIpc) is 2.81. The molecule has 1 aliphatic rings. The molecule has 0 spiro atoms. The lowest BCUT2D eigenvalue weighted by molar-refractivity contribution is 0.00578. The van der Waals surface area contributed by atoms with Gasteiger partial charge in [-0.3, -0.25) is 0 Å². The van der Waals surface area contributed by atoms with Crippen LogP contribution in [0.25, 0.3) is 0 Å². The van der Waals surface area contributed by atoms with Crippen LogP contribution in [0.3, 0.4) is 0 Å². The summed E-state index contributed by atoms with van der Waals surface area (Å²) in [5, 5.41) is 0. The molecule has 0 radical (unpaired) electrons. The van der Waals surface area contributed by atoms with E-state index in [9.17, 15) is 0 Å². The van der Waals surface area contributed by atoms with E-state index in [1.807, 2.05) is 0 Å². The molecule has 1 aromatic rings. The van der Waals surface area contributed by atoms with Gasteiger partial charge in [-0.2, -0.15) is 0 Å². The minimum atomic E-state index is -0.517. The summed E-state index contributed by atoms with van der Waals surface area (Å²) in [5.41, 5.74) is 1.27. The molecule has 2 rings (SSSR count). The van der Waals surface area contributed by atoms with Gasteiger partial charge in [0.05, 0.1) is 30.9 Å². The monoisotopic (exact) mass is 376 g/mol. The van der Waals surface area contributed by atoms with E-state index in [4.69, 9.17) is 18.8 Å². The fraction of sp³-hybridized carbons (Fsp3) is 0.727. The van der Waals surface area contributed by atoms with E-state index in [2.05, 4.69) is 60.6 Å². The standard InChI is InChI=1S/C22H37BO4/c1-10-11-12-13-20(2,3)16-14-17(24-8)19(18(15-16)25-9)23-26-21(4,5)22(6,7)27-23/h14-15H,10-13H2,1-9H3. The Balaban J connectivity index is 2.43. The van der Waals surface area contributed by atoms with Crippen molar-refractivity contribution in [1.29, 1.82) is 0 Å². The molecule has 27 heavy (non-hydrogen) atoms. The summed E-state index contributed by atoms with van der Waals surface area (Å²) in [4.78, 5) is 0. The zero-order valence-electron chi connectivity index (χ0n) is 18.7. The molecule has 1 aliphatic heterocycles. The lowest BCUT2D eigenvalue weighted by Gasteiger charge is -2.32. The van der Waals surface area contributed by atoms with Gasteiger partial charge in [0.15, 0.2) is 0 Å². The van der Waals surface area contributed by atoms with E-state index >= 15 is 0 Å². The summed E-state index contributed by atoms with van der Waals surface area (Å²) in [5.74, 6) is 1.51. The fourth-order valence-electron chi connectivity index (χ4n) is 3.48. The number of methoxy groups -OCH3 is 2. The van der Waals surface area contributed by atoms with Crippen LogP contribution in [-0.4, -0.2) is 32.5 Å². The van der Waals surface area contributed by atoms with Crippen LogP contribution in [0.5, 0.6) is 11.5 Å². The molecule has 0 saturated carbocycles. The topological polar surface area (TPSA) is 36.9 Å². The van der Waals surface area contributed by atoms with Crippen molar-refractivity contribution in [1.82, 2.24) is 0 Å². The van der Waals surface area contributed by atoms with Crippen LogP contribution >= 0.6 is 0 Å². The summed E-state index contributed by atoms with van der Waals surface area (Å²) in [6.07, 6.45) is 4.82. The van der Waals surface area contributed by atoms with E-state index in [0.717, 1.165) is 23.4 Å². The van der Waals surface area contributed by atoms with Gasteiger partial charge >= 0.3 is 7.12 Å². The summed E-state index contributed by atoms with van der Waals surface area (Å²) in [7, 11) is 2.87. The van der Waals surface area contributed by atoms with Crippen LogP contribution in [-0.2, 0) is 14.7 Å². The quantitative estimate of drug-likeness (QED) is 0.480. The van der Waals surface area contributed by atoms with Crippen molar-refractivity contribution in [2.24, 2.45) is 0 Å². The molecule has 4 nitrogen and oxygen atoms in total. The Kier molecular flexibility index (Phi) is 6.58. The molecule has 0 bridgehead atoms. The van der Waals surface area contributed by atoms with Gasteiger partial charge in [0.2, 0.25) is 0 Å². The first-order chi connectivity index (χ1) is 12.5. The summed E-state index contributed by atoms with van der Waals surface area (Å²) in [6, 6.07) is 4.24. The highest BCUT2D eigenvalue weighted by Crippen LogP contribution is 2.40. The van der Waals surface area contributed by atoms with Crippen LogP contribution in [0.2, 0.25) is 0 Å². The minimum Gasteiger partial charge on any atom is -0.497 e. The molecule has 5 heteroatoms. The van der Waals surface area contributed by atoms with Crippen molar-refractivity contribution in [3.63, 3.8) is 0 Å². The second-order valence-electron chi connectivity index (χ2n) is 9.22. The molecular formula is C22H37BO4. The Labute approximate surface area is 166 Å². The molecule has 1 fully saturated rings. The van der Waals surface area contributed by atoms with E-state index in [-0.39, 0.29) is 5.41 Å². The lowest BCUT2D eigenvalue weighted by Crippen LogP contribution is -2.41. The number of hydrogen-bond acceptors (Lipinski definition) is 4. The van der Waals surface area contributed by atoms with Crippen molar-refractivity contribution in [3.05, 3.63) is 17.7 Å². The lowest BCUT2D eigenvalue weighted by atomic mass is 9.73. The van der Waals surface area contributed by atoms with Gasteiger partial charge in [-0.1, -0.05) is 40.0 Å². The van der Waals surface area contributed by atoms with Crippen molar-refractivity contribution in [2.75, 3.05) is 14.2 Å². The van der Waals surface area contributed by atoms with Crippen LogP contribution in [0.1, 0.15) is 79.7 Å². The predicted octanol–water partition coefficient (Wildman–Crippen LogP) is 4.86. The average molecular weight is 376 g/mol. The number of hydrogen-bond donors (Lipinski definition) is 0. The summed E-state index contributed by atoms with van der Waals surface area (Å²) < 4.78 is 24.0. The third-order valence-electron chi connectivity index (χ3n) is 6.22. The van der Waals surface area contributed by atoms with Gasteiger partial charge in [-0.25, -0.2) is 0 Å². The van der Waals surface area contributed by atoms with Crippen LogP contribution in [0, 0.1) is 0 Å². The molecule has 1 saturated heterocycles. The van der Waals surface area contributed by atoms with Crippen molar-refractivity contribution in [2.45, 2.75) is 90.8 Å². The van der Waals surface area contributed by atoms with E-state index in [0.29, 0.717) is 0 Å². The summed E-state index contributed by atoms with van der Waals surface area (Å²) in [6.45, 7) is 15.0. The highest BCUT2D eigenvalue weighted by atomic mass is 16.7. The molecule has 1 aromatic carbocycles. The Hall–Kier alpha value is -1.20. The number of benzene rings is 1. The summed E-state index contributed by atoms with van der Waals surface area (Å²) >= 11 is 0. The zero-order valence-corrected chi connectivity index (χ0v) is 18.7. The molecule has 0 amide bonds. The first kappa shape index (κ1) is 22.1. The van der Waals surface area contributed by atoms with Crippen molar-refractivity contribution < 1.29 is 18.8 Å². The second-order valence-corrected chi connectivity index (χ2v) is 9.22. The van der Waals surface area contributed by atoms with E-state index in [1.54, 1.807) is 14.2 Å². The predicted molar refractivity (Wildman–Crippen MR) is 112 cm³/mol. The molecular weight excluding hydrogens is 339 g/mol. The van der Waals surface area contributed by atoms with Crippen LogP contribution in [0.4, 0.5) is 0 Å². The van der Waals surface area contributed by atoms with Crippen LogP contribution in [0.15, 0.2) is 12.1 Å². The first-order valence-corrected chi connectivity index (χ1v) is 10.1. The zero-order chi connectivity index (χ0) is 20.5. The maximum Gasteiger partial charge on any atom is 0.502 e. The molecule has 0 N–H and O–H groups in total. The van der Waals surface area contributed by atoms with Crippen LogP contribution < -0.4 is 14.9 Å². The third kappa shape index (κ3) is 4.46. The second kappa shape index (κ2) is 8.04. The molecule has 152 valence electrons. The Morgan fingerprint density at radius 2 is 1.41 bits per heavy atom. The smallest absolute Gasteiger partial charge is 0.497 e. The number of ether oxygens (including phenoxy) is 2. The number of unbranched alkanes of at least 4 members (excludes halogenated alkanes) is 2. The molecule has 0 aromatic heterocycles. The van der Waals surface area contributed by atoms with Gasteiger partial charge in [0.25, 0.3) is 0 Å². The highest BCUT2D eigenvalue weighted by Gasteiger charge is 2.53. The van der Waals surface area contributed by atoms with Gasteiger partial charge in [0.1, 0.15) is 11.5 Å². The highest BCUT2D eigenvalue weighted by molar-refractivity contribution is 6.64. The SMILES string of the molecule is CCCCCC(C)(C)c1cc(OC)c(B2OC(C)(C)C(C)(C)O2)c(OC)c1. The van der Waals surface area contributed by atoms with Crippen molar-refractivity contribution in [3.8, 4) is 11.5 Å². The Morgan fingerprint density at radius 3 is 1.81 bits per heavy atom. The maximum absolute atomic E-state index is 6.26. The Morgan fingerprint density at radius 1 is 0.926 bits per heavy atom. The molecule has 0 atom stereocenters. The normalized spacial score (nSPS) is 18.6. The largest absolute Gasteiger partial charge is 0.502 e.